The maximum atomic E-state index is 12.8. The van der Waals surface area contributed by atoms with Gasteiger partial charge in [-0.2, -0.15) is 13.2 Å². The van der Waals surface area contributed by atoms with Crippen molar-refractivity contribution < 1.29 is 27.9 Å². The van der Waals surface area contributed by atoms with Gasteiger partial charge in [0.2, 0.25) is 0 Å². The summed E-state index contributed by atoms with van der Waals surface area (Å²) in [6, 6.07) is 0.614. The van der Waals surface area contributed by atoms with Crippen LogP contribution in [0.15, 0.2) is 18.2 Å². The van der Waals surface area contributed by atoms with Crippen molar-refractivity contribution in [1.82, 2.24) is 5.32 Å². The largest absolute Gasteiger partial charge is 0.480 e. The van der Waals surface area contributed by atoms with Crippen LogP contribution < -0.4 is 10.6 Å². The van der Waals surface area contributed by atoms with Gasteiger partial charge in [-0.1, -0.05) is 18.5 Å². The molecule has 0 aliphatic heterocycles. The van der Waals surface area contributed by atoms with E-state index in [2.05, 4.69) is 5.32 Å². The molecule has 0 heterocycles. The van der Waals surface area contributed by atoms with E-state index in [1.165, 1.54) is 13.0 Å². The first kappa shape index (κ1) is 17.1. The highest BCUT2D eigenvalue weighted by molar-refractivity contribution is 6.30. The normalized spacial score (nSPS) is 12.6. The van der Waals surface area contributed by atoms with Gasteiger partial charge in [-0.3, -0.25) is 0 Å². The molecule has 21 heavy (non-hydrogen) atoms. The summed E-state index contributed by atoms with van der Waals surface area (Å²) >= 11 is 5.50. The van der Waals surface area contributed by atoms with Gasteiger partial charge in [-0.25, -0.2) is 9.59 Å². The number of hydrogen-bond donors (Lipinski definition) is 3. The fourth-order valence-electron chi connectivity index (χ4n) is 1.52. The lowest BCUT2D eigenvalue weighted by molar-refractivity contribution is -0.139. The number of urea groups is 1. The van der Waals surface area contributed by atoms with Gasteiger partial charge < -0.3 is 15.7 Å². The quantitative estimate of drug-likeness (QED) is 0.794. The topological polar surface area (TPSA) is 78.4 Å². The van der Waals surface area contributed by atoms with E-state index >= 15 is 0 Å². The van der Waals surface area contributed by atoms with Gasteiger partial charge >= 0.3 is 18.2 Å². The number of amides is 2. The van der Waals surface area contributed by atoms with E-state index in [4.69, 9.17) is 16.7 Å². The Kier molecular flexibility index (Phi) is 5.42. The minimum absolute atomic E-state index is 0.0928. The van der Waals surface area contributed by atoms with Crippen molar-refractivity contribution in [3.05, 3.63) is 28.8 Å². The SMILES string of the molecule is CC[C@@H](NC(=O)Nc1ccc(Cl)cc1C(F)(F)F)C(=O)O. The summed E-state index contributed by atoms with van der Waals surface area (Å²) in [5.74, 6) is -1.28. The van der Waals surface area contributed by atoms with Crippen molar-refractivity contribution in [1.29, 1.82) is 0 Å². The number of aliphatic carboxylic acids is 1. The summed E-state index contributed by atoms with van der Waals surface area (Å²) in [5.41, 5.74) is -1.63. The van der Waals surface area contributed by atoms with Crippen LogP contribution in [0.1, 0.15) is 18.9 Å². The zero-order chi connectivity index (χ0) is 16.2. The first-order chi connectivity index (χ1) is 9.65. The Morgan fingerprint density at radius 3 is 2.48 bits per heavy atom. The molecule has 0 saturated heterocycles. The molecule has 0 bridgehead atoms. The van der Waals surface area contributed by atoms with Crippen molar-refractivity contribution in [3.63, 3.8) is 0 Å². The third kappa shape index (κ3) is 4.82. The number of carboxylic acids is 1. The van der Waals surface area contributed by atoms with Crippen LogP contribution in [-0.2, 0) is 11.0 Å². The van der Waals surface area contributed by atoms with Crippen LogP contribution in [0.4, 0.5) is 23.7 Å². The first-order valence-electron chi connectivity index (χ1n) is 5.82. The predicted molar refractivity (Wildman–Crippen MR) is 70.3 cm³/mol. The fourth-order valence-corrected chi connectivity index (χ4v) is 1.69. The molecule has 0 aliphatic carbocycles. The van der Waals surface area contributed by atoms with Gasteiger partial charge in [-0.15, -0.1) is 0 Å². The molecule has 1 atom stereocenters. The minimum Gasteiger partial charge on any atom is -0.480 e. The molecule has 0 fully saturated rings. The summed E-state index contributed by atoms with van der Waals surface area (Å²) in [5, 5.41) is 12.7. The Morgan fingerprint density at radius 2 is 2.00 bits per heavy atom. The molecule has 0 radical (unpaired) electrons. The van der Waals surface area contributed by atoms with Crippen LogP contribution in [0.5, 0.6) is 0 Å². The summed E-state index contributed by atoms with van der Waals surface area (Å²) in [7, 11) is 0. The molecular formula is C12H12ClF3N2O3. The molecule has 0 unspecified atom stereocenters. The van der Waals surface area contributed by atoms with Crippen LogP contribution in [0, 0.1) is 0 Å². The molecule has 116 valence electrons. The lowest BCUT2D eigenvalue weighted by Crippen LogP contribution is -2.42. The first-order valence-corrected chi connectivity index (χ1v) is 6.20. The Morgan fingerprint density at radius 1 is 1.38 bits per heavy atom. The number of rotatable bonds is 4. The highest BCUT2D eigenvalue weighted by atomic mass is 35.5. The number of carboxylic acid groups (broad SMARTS) is 1. The third-order valence-electron chi connectivity index (χ3n) is 2.55. The van der Waals surface area contributed by atoms with Crippen molar-refractivity contribution in [2.45, 2.75) is 25.6 Å². The average Bonchev–Trinajstić information content (AvgIpc) is 2.36. The molecule has 5 nitrogen and oxygen atoms in total. The number of carbonyl (C=O) groups is 2. The van der Waals surface area contributed by atoms with E-state index in [-0.39, 0.29) is 11.4 Å². The highest BCUT2D eigenvalue weighted by Crippen LogP contribution is 2.36. The Bertz CT molecular complexity index is 549. The monoisotopic (exact) mass is 324 g/mol. The summed E-state index contributed by atoms with van der Waals surface area (Å²) in [6.07, 6.45) is -4.61. The van der Waals surface area contributed by atoms with Crippen LogP contribution in [0.3, 0.4) is 0 Å². The zero-order valence-electron chi connectivity index (χ0n) is 10.8. The molecular weight excluding hydrogens is 313 g/mol. The molecule has 0 aliphatic rings. The zero-order valence-corrected chi connectivity index (χ0v) is 11.5. The second-order valence-electron chi connectivity index (χ2n) is 4.09. The van der Waals surface area contributed by atoms with Crippen molar-refractivity contribution in [2.75, 3.05) is 5.32 Å². The average molecular weight is 325 g/mol. The maximum Gasteiger partial charge on any atom is 0.418 e. The second-order valence-corrected chi connectivity index (χ2v) is 4.52. The number of halogens is 4. The summed E-state index contributed by atoms with van der Waals surface area (Å²) < 4.78 is 38.4. The smallest absolute Gasteiger partial charge is 0.418 e. The van der Waals surface area contributed by atoms with Gasteiger partial charge in [0.25, 0.3) is 0 Å². The number of nitrogens with one attached hydrogen (secondary N) is 2. The molecule has 1 rings (SSSR count). The highest BCUT2D eigenvalue weighted by Gasteiger charge is 2.34. The second kappa shape index (κ2) is 6.66. The molecule has 1 aromatic rings. The lowest BCUT2D eigenvalue weighted by atomic mass is 10.1. The molecule has 2 amide bonds. The number of carbonyl (C=O) groups excluding carboxylic acids is 1. The predicted octanol–water partition coefficient (Wildman–Crippen LogP) is 3.34. The van der Waals surface area contributed by atoms with Crippen molar-refractivity contribution in [3.8, 4) is 0 Å². The van der Waals surface area contributed by atoms with E-state index in [1.54, 1.807) is 0 Å². The number of hydrogen-bond acceptors (Lipinski definition) is 2. The molecule has 0 spiro atoms. The van der Waals surface area contributed by atoms with Gasteiger partial charge in [0.15, 0.2) is 0 Å². The van der Waals surface area contributed by atoms with Crippen LogP contribution in [-0.4, -0.2) is 23.1 Å². The minimum atomic E-state index is -4.70. The van der Waals surface area contributed by atoms with Crippen LogP contribution in [0.2, 0.25) is 5.02 Å². The van der Waals surface area contributed by atoms with E-state index in [1.807, 2.05) is 5.32 Å². The van der Waals surface area contributed by atoms with E-state index in [0.717, 1.165) is 6.07 Å². The Balaban J connectivity index is 2.93. The Hall–Kier alpha value is -1.96. The lowest BCUT2D eigenvalue weighted by Gasteiger charge is -2.16. The van der Waals surface area contributed by atoms with Gasteiger partial charge in [0.05, 0.1) is 11.3 Å². The fraction of sp³-hybridized carbons (Fsp3) is 0.333. The standard InChI is InChI=1S/C12H12ClF3N2O3/c1-2-8(10(19)20)17-11(21)18-9-4-3-6(13)5-7(9)12(14,15)16/h3-5,8H,2H2,1H3,(H,19,20)(H2,17,18,21)/t8-/m1/s1. The summed E-state index contributed by atoms with van der Waals surface area (Å²) in [4.78, 5) is 22.3. The van der Waals surface area contributed by atoms with Gasteiger partial charge in [-0.05, 0) is 24.6 Å². The van der Waals surface area contributed by atoms with Crippen molar-refractivity contribution >= 4 is 29.3 Å². The molecule has 0 aromatic heterocycles. The molecule has 0 saturated carbocycles. The number of benzene rings is 1. The molecule has 9 heteroatoms. The third-order valence-corrected chi connectivity index (χ3v) is 2.78. The van der Waals surface area contributed by atoms with Gasteiger partial charge in [0.1, 0.15) is 6.04 Å². The van der Waals surface area contributed by atoms with Crippen LogP contribution in [0.25, 0.3) is 0 Å². The van der Waals surface area contributed by atoms with Gasteiger partial charge in [0, 0.05) is 5.02 Å². The summed E-state index contributed by atoms with van der Waals surface area (Å²) in [6.45, 7) is 1.52. The molecule has 3 N–H and O–H groups in total. The van der Waals surface area contributed by atoms with Crippen LogP contribution >= 0.6 is 11.6 Å². The van der Waals surface area contributed by atoms with E-state index in [0.29, 0.717) is 6.07 Å². The number of anilines is 1. The number of alkyl halides is 3. The molecule has 1 aromatic carbocycles. The maximum absolute atomic E-state index is 12.8. The van der Waals surface area contributed by atoms with E-state index in [9.17, 15) is 22.8 Å². The van der Waals surface area contributed by atoms with E-state index < -0.39 is 35.5 Å². The van der Waals surface area contributed by atoms with Crippen molar-refractivity contribution in [2.24, 2.45) is 0 Å². The Labute approximate surface area is 123 Å².